The standard InChI is InChI=1S/C24H26FN3/c1-18-2-8-22(9-3-18)28(23-11-13-26-14-12-23)17-19-10-15-27-24(16-19)20-4-6-21(25)7-5-20/h2-10,15-16,23,26H,11-14,17H2,1H3. The van der Waals surface area contributed by atoms with E-state index < -0.39 is 0 Å². The fourth-order valence-electron chi connectivity index (χ4n) is 3.83. The maximum Gasteiger partial charge on any atom is 0.123 e. The van der Waals surface area contributed by atoms with Crippen LogP contribution in [0.4, 0.5) is 10.1 Å². The molecule has 2 heterocycles. The number of anilines is 1. The summed E-state index contributed by atoms with van der Waals surface area (Å²) in [5, 5.41) is 3.46. The second-order valence-electron chi connectivity index (χ2n) is 7.50. The van der Waals surface area contributed by atoms with Gasteiger partial charge in [0, 0.05) is 30.0 Å². The van der Waals surface area contributed by atoms with Gasteiger partial charge in [0.2, 0.25) is 0 Å². The van der Waals surface area contributed by atoms with Gasteiger partial charge in [-0.2, -0.15) is 0 Å². The number of piperidine rings is 1. The van der Waals surface area contributed by atoms with Crippen LogP contribution in [-0.2, 0) is 6.54 Å². The number of aryl methyl sites for hydroxylation is 1. The zero-order valence-electron chi connectivity index (χ0n) is 16.2. The molecule has 2 aromatic carbocycles. The molecule has 0 radical (unpaired) electrons. The molecule has 3 aromatic rings. The van der Waals surface area contributed by atoms with E-state index in [1.807, 2.05) is 6.20 Å². The maximum absolute atomic E-state index is 13.2. The minimum Gasteiger partial charge on any atom is -0.364 e. The summed E-state index contributed by atoms with van der Waals surface area (Å²) in [6, 6.07) is 20.1. The zero-order valence-corrected chi connectivity index (χ0v) is 16.2. The van der Waals surface area contributed by atoms with Gasteiger partial charge in [0.1, 0.15) is 5.82 Å². The highest BCUT2D eigenvalue weighted by Gasteiger charge is 2.21. The van der Waals surface area contributed by atoms with Crippen molar-refractivity contribution in [1.29, 1.82) is 0 Å². The summed E-state index contributed by atoms with van der Waals surface area (Å²) in [6.07, 6.45) is 4.14. The fraction of sp³-hybridized carbons (Fsp3) is 0.292. The molecule has 0 spiro atoms. The monoisotopic (exact) mass is 375 g/mol. The minimum atomic E-state index is -0.226. The number of hydrogen-bond acceptors (Lipinski definition) is 3. The lowest BCUT2D eigenvalue weighted by molar-refractivity contribution is 0.428. The highest BCUT2D eigenvalue weighted by Crippen LogP contribution is 2.26. The lowest BCUT2D eigenvalue weighted by atomic mass is 10.0. The molecular weight excluding hydrogens is 349 g/mol. The van der Waals surface area contributed by atoms with Crippen molar-refractivity contribution in [2.75, 3.05) is 18.0 Å². The number of aromatic nitrogens is 1. The fourth-order valence-corrected chi connectivity index (χ4v) is 3.83. The van der Waals surface area contributed by atoms with E-state index in [-0.39, 0.29) is 5.82 Å². The van der Waals surface area contributed by atoms with Crippen LogP contribution in [0.25, 0.3) is 11.3 Å². The number of pyridine rings is 1. The molecule has 0 atom stereocenters. The second-order valence-corrected chi connectivity index (χ2v) is 7.50. The van der Waals surface area contributed by atoms with Gasteiger partial charge in [-0.3, -0.25) is 4.98 Å². The number of nitrogens with zero attached hydrogens (tertiary/aromatic N) is 2. The lowest BCUT2D eigenvalue weighted by Gasteiger charge is -2.36. The third-order valence-corrected chi connectivity index (χ3v) is 5.43. The van der Waals surface area contributed by atoms with Crippen LogP contribution in [-0.4, -0.2) is 24.1 Å². The highest BCUT2D eigenvalue weighted by atomic mass is 19.1. The molecule has 0 amide bonds. The molecule has 1 aromatic heterocycles. The van der Waals surface area contributed by atoms with Gasteiger partial charge in [0.15, 0.2) is 0 Å². The van der Waals surface area contributed by atoms with Crippen molar-refractivity contribution in [3.63, 3.8) is 0 Å². The number of halogens is 1. The van der Waals surface area contributed by atoms with E-state index in [0.29, 0.717) is 6.04 Å². The van der Waals surface area contributed by atoms with E-state index in [1.165, 1.54) is 28.9 Å². The Labute approximate surface area is 166 Å². The third kappa shape index (κ3) is 4.39. The van der Waals surface area contributed by atoms with Gasteiger partial charge >= 0.3 is 0 Å². The van der Waals surface area contributed by atoms with Gasteiger partial charge in [-0.05, 0) is 86.9 Å². The van der Waals surface area contributed by atoms with Crippen LogP contribution in [0.1, 0.15) is 24.0 Å². The number of hydrogen-bond donors (Lipinski definition) is 1. The third-order valence-electron chi connectivity index (χ3n) is 5.43. The van der Waals surface area contributed by atoms with Crippen molar-refractivity contribution in [3.05, 3.63) is 83.8 Å². The van der Waals surface area contributed by atoms with Crippen LogP contribution in [0, 0.1) is 12.7 Å². The quantitative estimate of drug-likeness (QED) is 0.683. The number of nitrogens with one attached hydrogen (secondary N) is 1. The van der Waals surface area contributed by atoms with Crippen LogP contribution in [0.2, 0.25) is 0 Å². The van der Waals surface area contributed by atoms with Gasteiger partial charge in [-0.25, -0.2) is 4.39 Å². The van der Waals surface area contributed by atoms with Gasteiger partial charge in [0.25, 0.3) is 0 Å². The smallest absolute Gasteiger partial charge is 0.123 e. The average molecular weight is 375 g/mol. The van der Waals surface area contributed by atoms with Crippen LogP contribution < -0.4 is 10.2 Å². The molecule has 144 valence electrons. The lowest BCUT2D eigenvalue weighted by Crippen LogP contribution is -2.43. The molecule has 1 fully saturated rings. The molecule has 4 heteroatoms. The van der Waals surface area contributed by atoms with Crippen molar-refractivity contribution in [2.45, 2.75) is 32.4 Å². The van der Waals surface area contributed by atoms with Crippen molar-refractivity contribution in [1.82, 2.24) is 10.3 Å². The topological polar surface area (TPSA) is 28.2 Å². The van der Waals surface area contributed by atoms with Gasteiger partial charge < -0.3 is 10.2 Å². The molecule has 3 nitrogen and oxygen atoms in total. The van der Waals surface area contributed by atoms with Crippen LogP contribution in [0.3, 0.4) is 0 Å². The Kier molecular flexibility index (Phi) is 5.68. The second kappa shape index (κ2) is 8.53. The first-order valence-corrected chi connectivity index (χ1v) is 9.94. The Hall–Kier alpha value is -2.72. The van der Waals surface area contributed by atoms with E-state index >= 15 is 0 Å². The molecule has 1 N–H and O–H groups in total. The van der Waals surface area contributed by atoms with Gasteiger partial charge in [0.05, 0.1) is 5.69 Å². The zero-order chi connectivity index (χ0) is 19.3. The summed E-state index contributed by atoms with van der Waals surface area (Å²) in [4.78, 5) is 7.01. The minimum absolute atomic E-state index is 0.226. The summed E-state index contributed by atoms with van der Waals surface area (Å²) in [7, 11) is 0. The summed E-state index contributed by atoms with van der Waals surface area (Å²) < 4.78 is 13.2. The molecule has 0 saturated carbocycles. The Morgan fingerprint density at radius 1 is 1.00 bits per heavy atom. The Bertz CT molecular complexity index is 900. The Morgan fingerprint density at radius 2 is 1.71 bits per heavy atom. The summed E-state index contributed by atoms with van der Waals surface area (Å²) in [6.45, 7) is 5.08. The number of rotatable bonds is 5. The molecule has 1 aliphatic heterocycles. The SMILES string of the molecule is Cc1ccc(N(Cc2ccnc(-c3ccc(F)cc3)c2)C2CCNCC2)cc1. The number of benzene rings is 2. The van der Waals surface area contributed by atoms with Crippen molar-refractivity contribution < 1.29 is 4.39 Å². The molecule has 0 bridgehead atoms. The van der Waals surface area contributed by atoms with Crippen LogP contribution in [0.5, 0.6) is 0 Å². The molecular formula is C24H26FN3. The van der Waals surface area contributed by atoms with Gasteiger partial charge in [-0.15, -0.1) is 0 Å². The summed E-state index contributed by atoms with van der Waals surface area (Å²) in [5.74, 6) is -0.226. The van der Waals surface area contributed by atoms with Crippen LogP contribution in [0.15, 0.2) is 66.9 Å². The van der Waals surface area contributed by atoms with E-state index in [4.69, 9.17) is 0 Å². The molecule has 0 aliphatic carbocycles. The first-order chi connectivity index (χ1) is 13.7. The molecule has 4 rings (SSSR count). The van der Waals surface area contributed by atoms with Crippen molar-refractivity contribution in [3.8, 4) is 11.3 Å². The average Bonchev–Trinajstić information content (AvgIpc) is 2.74. The molecule has 0 unspecified atom stereocenters. The summed E-state index contributed by atoms with van der Waals surface area (Å²) >= 11 is 0. The first-order valence-electron chi connectivity index (χ1n) is 9.94. The van der Waals surface area contributed by atoms with E-state index in [1.54, 1.807) is 12.1 Å². The Morgan fingerprint density at radius 3 is 2.43 bits per heavy atom. The van der Waals surface area contributed by atoms with E-state index in [2.05, 4.69) is 58.5 Å². The van der Waals surface area contributed by atoms with Gasteiger partial charge in [-0.1, -0.05) is 17.7 Å². The predicted molar refractivity (Wildman–Crippen MR) is 113 cm³/mol. The normalized spacial score (nSPS) is 14.8. The van der Waals surface area contributed by atoms with Crippen molar-refractivity contribution >= 4 is 5.69 Å². The van der Waals surface area contributed by atoms with Crippen molar-refractivity contribution in [2.24, 2.45) is 0 Å². The Balaban J connectivity index is 1.61. The molecule has 1 saturated heterocycles. The van der Waals surface area contributed by atoms with Crippen LogP contribution >= 0.6 is 0 Å². The molecule has 28 heavy (non-hydrogen) atoms. The maximum atomic E-state index is 13.2. The summed E-state index contributed by atoms with van der Waals surface area (Å²) in [5.41, 5.74) is 5.57. The largest absolute Gasteiger partial charge is 0.364 e. The molecule has 1 aliphatic rings. The first kappa shape index (κ1) is 18.6. The van der Waals surface area contributed by atoms with E-state index in [9.17, 15) is 4.39 Å². The van der Waals surface area contributed by atoms with E-state index in [0.717, 1.165) is 43.7 Å². The highest BCUT2D eigenvalue weighted by molar-refractivity contribution is 5.60. The predicted octanol–water partition coefficient (Wildman–Crippen LogP) is 4.95.